The number of rotatable bonds is 6. The second-order valence-electron chi connectivity index (χ2n) is 6.17. The maximum absolute atomic E-state index is 12.3. The Morgan fingerprint density at radius 2 is 1.88 bits per heavy atom. The van der Waals surface area contributed by atoms with E-state index in [0.29, 0.717) is 17.2 Å². The summed E-state index contributed by atoms with van der Waals surface area (Å²) >= 11 is 0. The Labute approximate surface area is 140 Å². The van der Waals surface area contributed by atoms with Gasteiger partial charge in [-0.3, -0.25) is 4.79 Å². The molecule has 2 aromatic rings. The minimum atomic E-state index is -0.563. The van der Waals surface area contributed by atoms with Gasteiger partial charge < -0.3 is 14.8 Å². The third-order valence-electron chi connectivity index (χ3n) is 4.34. The van der Waals surface area contributed by atoms with Crippen LogP contribution in [0.4, 0.5) is 0 Å². The van der Waals surface area contributed by atoms with Gasteiger partial charge in [0.2, 0.25) is 0 Å². The monoisotopic (exact) mass is 327 g/mol. The SMILES string of the molecule is COc1cc2ccccc2cc1C(=O)OCC(=O)N[C@@H](C)C1CC1. The lowest BCUT2D eigenvalue weighted by atomic mass is 10.1. The van der Waals surface area contributed by atoms with Gasteiger partial charge in [-0.2, -0.15) is 0 Å². The van der Waals surface area contributed by atoms with Crippen LogP contribution in [0.3, 0.4) is 0 Å². The normalized spacial score (nSPS) is 14.9. The van der Waals surface area contributed by atoms with Crippen LogP contribution in [0, 0.1) is 5.92 Å². The molecule has 1 aliphatic carbocycles. The number of benzene rings is 2. The summed E-state index contributed by atoms with van der Waals surface area (Å²) in [6.45, 7) is 1.69. The first kappa shape index (κ1) is 16.3. The summed E-state index contributed by atoms with van der Waals surface area (Å²) in [6, 6.07) is 11.3. The molecule has 1 saturated carbocycles. The molecule has 0 aliphatic heterocycles. The molecule has 0 radical (unpaired) electrons. The van der Waals surface area contributed by atoms with Gasteiger partial charge in [0.05, 0.1) is 7.11 Å². The Hall–Kier alpha value is -2.56. The molecule has 1 fully saturated rings. The van der Waals surface area contributed by atoms with Crippen LogP contribution in [0.1, 0.15) is 30.1 Å². The number of amides is 1. The minimum absolute atomic E-state index is 0.131. The molecule has 0 heterocycles. The van der Waals surface area contributed by atoms with E-state index in [0.717, 1.165) is 23.6 Å². The van der Waals surface area contributed by atoms with Crippen LogP contribution >= 0.6 is 0 Å². The van der Waals surface area contributed by atoms with Crippen LogP contribution < -0.4 is 10.1 Å². The molecule has 0 saturated heterocycles. The molecular formula is C19H21NO4. The van der Waals surface area contributed by atoms with E-state index >= 15 is 0 Å². The van der Waals surface area contributed by atoms with Crippen LogP contribution in [0.5, 0.6) is 5.75 Å². The molecule has 0 unspecified atom stereocenters. The maximum atomic E-state index is 12.3. The van der Waals surface area contributed by atoms with E-state index in [4.69, 9.17) is 9.47 Å². The first-order valence-electron chi connectivity index (χ1n) is 8.11. The molecule has 1 aliphatic rings. The molecule has 0 bridgehead atoms. The fraction of sp³-hybridized carbons (Fsp3) is 0.368. The lowest BCUT2D eigenvalue weighted by Gasteiger charge is -2.13. The molecule has 24 heavy (non-hydrogen) atoms. The van der Waals surface area contributed by atoms with Crippen LogP contribution in [0.15, 0.2) is 36.4 Å². The zero-order chi connectivity index (χ0) is 17.1. The topological polar surface area (TPSA) is 64.6 Å². The van der Waals surface area contributed by atoms with Crippen molar-refractivity contribution in [2.75, 3.05) is 13.7 Å². The lowest BCUT2D eigenvalue weighted by Crippen LogP contribution is -2.37. The number of hydrogen-bond acceptors (Lipinski definition) is 4. The molecule has 0 aromatic heterocycles. The van der Waals surface area contributed by atoms with Gasteiger partial charge in [0.1, 0.15) is 11.3 Å². The summed E-state index contributed by atoms with van der Waals surface area (Å²) in [6.07, 6.45) is 2.30. The Morgan fingerprint density at radius 1 is 1.21 bits per heavy atom. The van der Waals surface area contributed by atoms with Gasteiger partial charge >= 0.3 is 5.97 Å². The van der Waals surface area contributed by atoms with Crippen molar-refractivity contribution in [1.29, 1.82) is 0 Å². The van der Waals surface area contributed by atoms with Gasteiger partial charge in [-0.15, -0.1) is 0 Å². The largest absolute Gasteiger partial charge is 0.496 e. The summed E-state index contributed by atoms with van der Waals surface area (Å²) in [5, 5.41) is 4.75. The van der Waals surface area contributed by atoms with E-state index in [-0.39, 0.29) is 18.6 Å². The molecule has 5 nitrogen and oxygen atoms in total. The zero-order valence-electron chi connectivity index (χ0n) is 13.9. The average Bonchev–Trinajstić information content (AvgIpc) is 3.43. The van der Waals surface area contributed by atoms with Gasteiger partial charge in [-0.1, -0.05) is 24.3 Å². The van der Waals surface area contributed by atoms with Crippen LogP contribution in [0.25, 0.3) is 10.8 Å². The highest BCUT2D eigenvalue weighted by Gasteiger charge is 2.29. The van der Waals surface area contributed by atoms with Crippen molar-refractivity contribution in [3.8, 4) is 5.75 Å². The predicted molar refractivity (Wildman–Crippen MR) is 91.1 cm³/mol. The number of hydrogen-bond donors (Lipinski definition) is 1. The molecule has 3 rings (SSSR count). The second kappa shape index (κ2) is 6.91. The highest BCUT2D eigenvalue weighted by atomic mass is 16.5. The molecule has 2 aromatic carbocycles. The molecule has 5 heteroatoms. The number of carbonyl (C=O) groups excluding carboxylic acids is 2. The Balaban J connectivity index is 1.67. The second-order valence-corrected chi connectivity index (χ2v) is 6.17. The fourth-order valence-corrected chi connectivity index (χ4v) is 2.77. The van der Waals surface area contributed by atoms with Crippen molar-refractivity contribution in [1.82, 2.24) is 5.32 Å². The molecule has 1 N–H and O–H groups in total. The lowest BCUT2D eigenvalue weighted by molar-refractivity contribution is -0.125. The van der Waals surface area contributed by atoms with Crippen molar-refractivity contribution in [3.05, 3.63) is 42.0 Å². The van der Waals surface area contributed by atoms with E-state index in [1.807, 2.05) is 31.2 Å². The van der Waals surface area contributed by atoms with Crippen molar-refractivity contribution < 1.29 is 19.1 Å². The van der Waals surface area contributed by atoms with E-state index in [9.17, 15) is 9.59 Å². The van der Waals surface area contributed by atoms with Gasteiger partial charge in [-0.05, 0) is 48.6 Å². The summed E-state index contributed by atoms with van der Waals surface area (Å²) in [4.78, 5) is 24.2. The summed E-state index contributed by atoms with van der Waals surface area (Å²) in [5.74, 6) is 0.157. The minimum Gasteiger partial charge on any atom is -0.496 e. The van der Waals surface area contributed by atoms with Crippen molar-refractivity contribution in [2.45, 2.75) is 25.8 Å². The van der Waals surface area contributed by atoms with Crippen LogP contribution in [0.2, 0.25) is 0 Å². The van der Waals surface area contributed by atoms with E-state index in [2.05, 4.69) is 5.32 Å². The quantitative estimate of drug-likeness (QED) is 0.829. The van der Waals surface area contributed by atoms with Gasteiger partial charge in [0, 0.05) is 6.04 Å². The Bertz CT molecular complexity index is 767. The highest BCUT2D eigenvalue weighted by Crippen LogP contribution is 2.32. The molecule has 126 valence electrons. The highest BCUT2D eigenvalue weighted by molar-refractivity contribution is 5.99. The van der Waals surface area contributed by atoms with E-state index in [1.54, 1.807) is 12.1 Å². The van der Waals surface area contributed by atoms with E-state index < -0.39 is 5.97 Å². The number of fused-ring (bicyclic) bond motifs is 1. The molecular weight excluding hydrogens is 306 g/mol. The van der Waals surface area contributed by atoms with Crippen molar-refractivity contribution in [2.24, 2.45) is 5.92 Å². The first-order chi connectivity index (χ1) is 11.6. The van der Waals surface area contributed by atoms with Crippen LogP contribution in [-0.2, 0) is 9.53 Å². The Morgan fingerprint density at radius 3 is 2.50 bits per heavy atom. The number of esters is 1. The number of carbonyl (C=O) groups is 2. The standard InChI is InChI=1S/C19H21NO4/c1-12(13-7-8-13)20-18(21)11-24-19(22)16-9-14-5-3-4-6-15(14)10-17(16)23-2/h3-6,9-10,12-13H,7-8,11H2,1-2H3,(H,20,21)/t12-/m0/s1. The number of methoxy groups -OCH3 is 1. The maximum Gasteiger partial charge on any atom is 0.342 e. The molecule has 1 amide bonds. The molecule has 0 spiro atoms. The summed E-state index contributed by atoms with van der Waals surface area (Å²) in [5.41, 5.74) is 0.319. The van der Waals surface area contributed by atoms with Gasteiger partial charge in [-0.25, -0.2) is 4.79 Å². The van der Waals surface area contributed by atoms with Gasteiger partial charge in [0.25, 0.3) is 5.91 Å². The Kier molecular flexibility index (Phi) is 4.69. The average molecular weight is 327 g/mol. The first-order valence-corrected chi connectivity index (χ1v) is 8.11. The van der Waals surface area contributed by atoms with Gasteiger partial charge in [0.15, 0.2) is 6.61 Å². The number of nitrogens with one attached hydrogen (secondary N) is 1. The summed E-state index contributed by atoms with van der Waals surface area (Å²) < 4.78 is 10.4. The van der Waals surface area contributed by atoms with Crippen LogP contribution in [-0.4, -0.2) is 31.6 Å². The van der Waals surface area contributed by atoms with E-state index in [1.165, 1.54) is 7.11 Å². The van der Waals surface area contributed by atoms with Crippen molar-refractivity contribution in [3.63, 3.8) is 0 Å². The fourth-order valence-electron chi connectivity index (χ4n) is 2.77. The van der Waals surface area contributed by atoms with Crippen molar-refractivity contribution >= 4 is 22.6 Å². The third kappa shape index (κ3) is 3.67. The predicted octanol–water partition coefficient (Wildman–Crippen LogP) is 2.92. The summed E-state index contributed by atoms with van der Waals surface area (Å²) in [7, 11) is 1.50. The zero-order valence-corrected chi connectivity index (χ0v) is 13.9. The smallest absolute Gasteiger partial charge is 0.342 e. The number of ether oxygens (including phenoxy) is 2. The molecule has 1 atom stereocenters. The third-order valence-corrected chi connectivity index (χ3v) is 4.34.